The molecule has 1 aliphatic carbocycles. The number of ether oxygens (including phenoxy) is 1. The molecule has 124 valence electrons. The third-order valence-electron chi connectivity index (χ3n) is 4.01. The zero-order chi connectivity index (χ0) is 15.9. The number of carbonyl (C=O) groups is 1. The van der Waals surface area contributed by atoms with Crippen LogP contribution in [0.1, 0.15) is 52.4 Å². The van der Waals surface area contributed by atoms with Crippen LogP contribution < -0.4 is 5.32 Å². The molecular weight excluding hydrogens is 290 g/mol. The van der Waals surface area contributed by atoms with Gasteiger partial charge in [-0.2, -0.15) is 0 Å². The molecule has 0 heterocycles. The fourth-order valence-corrected chi connectivity index (χ4v) is 5.04. The van der Waals surface area contributed by atoms with E-state index in [4.69, 9.17) is 0 Å². The van der Waals surface area contributed by atoms with Crippen molar-refractivity contribution in [2.45, 2.75) is 58.4 Å². The lowest BCUT2D eigenvalue weighted by atomic mass is 10.1. The Balaban J connectivity index is 2.57. The van der Waals surface area contributed by atoms with Gasteiger partial charge in [0.05, 0.1) is 25.0 Å². The molecule has 1 unspecified atom stereocenters. The van der Waals surface area contributed by atoms with E-state index in [2.05, 4.69) is 23.9 Å². The molecule has 21 heavy (non-hydrogen) atoms. The Kier molecular flexibility index (Phi) is 7.13. The fourth-order valence-electron chi connectivity index (χ4n) is 2.70. The second-order valence-corrected chi connectivity index (χ2v) is 8.36. The summed E-state index contributed by atoms with van der Waals surface area (Å²) in [6.07, 6.45) is 4.66. The highest BCUT2D eigenvalue weighted by atomic mass is 32.2. The average molecular weight is 319 g/mol. The number of hydrogen-bond donors (Lipinski definition) is 1. The van der Waals surface area contributed by atoms with E-state index in [1.54, 1.807) is 0 Å². The summed E-state index contributed by atoms with van der Waals surface area (Å²) >= 11 is 0. The van der Waals surface area contributed by atoms with Gasteiger partial charge in [-0.05, 0) is 37.6 Å². The highest BCUT2D eigenvalue weighted by Crippen LogP contribution is 2.50. The molecule has 1 fully saturated rings. The molecule has 1 rings (SSSR count). The summed E-state index contributed by atoms with van der Waals surface area (Å²) in [7, 11) is -1.81. The van der Waals surface area contributed by atoms with Crippen LogP contribution in [0, 0.1) is 5.41 Å². The van der Waals surface area contributed by atoms with Crippen molar-refractivity contribution < 1.29 is 17.9 Å². The van der Waals surface area contributed by atoms with Crippen LogP contribution in [0.2, 0.25) is 0 Å². The normalized spacial score (nSPS) is 18.2. The van der Waals surface area contributed by atoms with Gasteiger partial charge in [-0.15, -0.1) is 0 Å². The van der Waals surface area contributed by atoms with E-state index in [1.165, 1.54) is 7.11 Å². The number of rotatable bonds is 11. The van der Waals surface area contributed by atoms with E-state index in [9.17, 15) is 13.2 Å². The van der Waals surface area contributed by atoms with Crippen molar-refractivity contribution in [1.82, 2.24) is 5.32 Å². The van der Waals surface area contributed by atoms with Crippen molar-refractivity contribution in [2.75, 3.05) is 25.2 Å². The maximum absolute atomic E-state index is 12.4. The van der Waals surface area contributed by atoms with Gasteiger partial charge in [0.1, 0.15) is 0 Å². The standard InChI is InChI=1S/C15H29NO4S/c1-4-6-13(16-9-5-2)11-21(18,19)12-15(7-8-15)10-14(17)20-3/h13,16H,4-12H2,1-3H3. The lowest BCUT2D eigenvalue weighted by Gasteiger charge is -2.20. The van der Waals surface area contributed by atoms with Crippen molar-refractivity contribution in [3.05, 3.63) is 0 Å². The molecule has 0 amide bonds. The Morgan fingerprint density at radius 3 is 2.43 bits per heavy atom. The molecule has 1 atom stereocenters. The molecule has 0 radical (unpaired) electrons. The molecule has 1 N–H and O–H groups in total. The first-order chi connectivity index (χ1) is 9.86. The summed E-state index contributed by atoms with van der Waals surface area (Å²) in [5.74, 6) is -0.0238. The summed E-state index contributed by atoms with van der Waals surface area (Å²) < 4.78 is 29.5. The number of sulfone groups is 1. The lowest BCUT2D eigenvalue weighted by molar-refractivity contribution is -0.141. The predicted octanol–water partition coefficient (Wildman–Crippen LogP) is 1.91. The topological polar surface area (TPSA) is 72.5 Å². The minimum Gasteiger partial charge on any atom is -0.469 e. The minimum absolute atomic E-state index is 0.0221. The number of nitrogens with one attached hydrogen (secondary N) is 1. The molecule has 6 heteroatoms. The van der Waals surface area contributed by atoms with Crippen LogP contribution in [0.5, 0.6) is 0 Å². The molecule has 1 aliphatic rings. The van der Waals surface area contributed by atoms with Gasteiger partial charge in [-0.1, -0.05) is 20.3 Å². The van der Waals surface area contributed by atoms with E-state index in [0.29, 0.717) is 0 Å². The Hall–Kier alpha value is -0.620. The van der Waals surface area contributed by atoms with Gasteiger partial charge in [0, 0.05) is 6.04 Å². The number of esters is 1. The Morgan fingerprint density at radius 2 is 1.95 bits per heavy atom. The predicted molar refractivity (Wildman–Crippen MR) is 83.9 cm³/mol. The monoisotopic (exact) mass is 319 g/mol. The second kappa shape index (κ2) is 8.13. The smallest absolute Gasteiger partial charge is 0.306 e. The van der Waals surface area contributed by atoms with Gasteiger partial charge in [0.2, 0.25) is 0 Å². The SMILES string of the molecule is CCCNC(CCC)CS(=O)(=O)CC1(CC(=O)OC)CC1. The Morgan fingerprint density at radius 1 is 1.29 bits per heavy atom. The van der Waals surface area contributed by atoms with Crippen LogP contribution in [0.25, 0.3) is 0 Å². The Labute approximate surface area is 128 Å². The molecule has 0 aliphatic heterocycles. The van der Waals surface area contributed by atoms with E-state index >= 15 is 0 Å². The molecule has 0 aromatic rings. The number of methoxy groups -OCH3 is 1. The average Bonchev–Trinajstić information content (AvgIpc) is 3.14. The van der Waals surface area contributed by atoms with Crippen LogP contribution in [0.15, 0.2) is 0 Å². The first-order valence-corrected chi connectivity index (χ1v) is 9.69. The second-order valence-electron chi connectivity index (χ2n) is 6.25. The van der Waals surface area contributed by atoms with Gasteiger partial charge in [0.15, 0.2) is 9.84 Å². The highest BCUT2D eigenvalue weighted by molar-refractivity contribution is 7.91. The van der Waals surface area contributed by atoms with Crippen LogP contribution >= 0.6 is 0 Å². The van der Waals surface area contributed by atoms with E-state index in [-0.39, 0.29) is 35.4 Å². The molecule has 0 aromatic heterocycles. The van der Waals surface area contributed by atoms with Crippen LogP contribution in [0.3, 0.4) is 0 Å². The van der Waals surface area contributed by atoms with Gasteiger partial charge >= 0.3 is 5.97 Å². The molecular formula is C15H29NO4S. The molecule has 5 nitrogen and oxygen atoms in total. The maximum Gasteiger partial charge on any atom is 0.306 e. The summed E-state index contributed by atoms with van der Waals surface area (Å²) in [4.78, 5) is 11.4. The molecule has 1 saturated carbocycles. The van der Waals surface area contributed by atoms with Gasteiger partial charge in [-0.3, -0.25) is 4.79 Å². The largest absolute Gasteiger partial charge is 0.469 e. The maximum atomic E-state index is 12.4. The Bertz CT molecular complexity index is 429. The number of carbonyl (C=O) groups excluding carboxylic acids is 1. The van der Waals surface area contributed by atoms with E-state index in [1.807, 2.05) is 0 Å². The minimum atomic E-state index is -3.15. The zero-order valence-corrected chi connectivity index (χ0v) is 14.3. The quantitative estimate of drug-likeness (QED) is 0.589. The summed E-state index contributed by atoms with van der Waals surface area (Å²) in [6.45, 7) is 4.97. The van der Waals surface area contributed by atoms with Gasteiger partial charge in [-0.25, -0.2) is 8.42 Å². The highest BCUT2D eigenvalue weighted by Gasteiger charge is 2.48. The third-order valence-corrected chi connectivity index (χ3v) is 5.97. The van der Waals surface area contributed by atoms with E-state index in [0.717, 1.165) is 38.6 Å². The summed E-state index contributed by atoms with van der Waals surface area (Å²) in [5, 5.41) is 3.31. The first kappa shape index (κ1) is 18.4. The van der Waals surface area contributed by atoms with Crippen LogP contribution in [0.4, 0.5) is 0 Å². The zero-order valence-electron chi connectivity index (χ0n) is 13.5. The van der Waals surface area contributed by atoms with Crippen molar-refractivity contribution in [2.24, 2.45) is 5.41 Å². The van der Waals surface area contributed by atoms with Crippen molar-refractivity contribution in [1.29, 1.82) is 0 Å². The number of hydrogen-bond acceptors (Lipinski definition) is 5. The molecule has 0 saturated heterocycles. The van der Waals surface area contributed by atoms with Crippen LogP contribution in [-0.2, 0) is 19.4 Å². The van der Waals surface area contributed by atoms with Crippen molar-refractivity contribution in [3.8, 4) is 0 Å². The van der Waals surface area contributed by atoms with Crippen LogP contribution in [-0.4, -0.2) is 45.6 Å². The van der Waals surface area contributed by atoms with Crippen molar-refractivity contribution in [3.63, 3.8) is 0 Å². The molecule has 0 aromatic carbocycles. The van der Waals surface area contributed by atoms with Crippen molar-refractivity contribution >= 4 is 15.8 Å². The van der Waals surface area contributed by atoms with E-state index < -0.39 is 9.84 Å². The fraction of sp³-hybridized carbons (Fsp3) is 0.933. The molecule has 0 bridgehead atoms. The molecule has 0 spiro atoms. The first-order valence-electron chi connectivity index (χ1n) is 7.87. The van der Waals surface area contributed by atoms with Gasteiger partial charge < -0.3 is 10.1 Å². The third kappa shape index (κ3) is 6.78. The summed E-state index contributed by atoms with van der Waals surface area (Å²) in [6, 6.07) is 0.0221. The lowest BCUT2D eigenvalue weighted by Crippen LogP contribution is -2.38. The van der Waals surface area contributed by atoms with Gasteiger partial charge in [0.25, 0.3) is 0 Å². The summed E-state index contributed by atoms with van der Waals surface area (Å²) in [5.41, 5.74) is -0.354.